The average Bonchev–Trinajstić information content (AvgIpc) is 3.21. The van der Waals surface area contributed by atoms with Gasteiger partial charge in [-0.3, -0.25) is 19.2 Å². The molecule has 14 nitrogen and oxygen atoms in total. The Morgan fingerprint density at radius 1 is 0.919 bits per heavy atom. The maximum Gasteiger partial charge on any atom is 0.328 e. The van der Waals surface area contributed by atoms with E-state index in [9.17, 15) is 34.2 Å². The highest BCUT2D eigenvalue weighted by Gasteiger charge is 2.34. The fourth-order valence-corrected chi connectivity index (χ4v) is 3.61. The van der Waals surface area contributed by atoms with Crippen molar-refractivity contribution in [1.29, 1.82) is 0 Å². The third-order valence-electron chi connectivity index (χ3n) is 5.60. The third-order valence-corrected chi connectivity index (χ3v) is 5.60. The SMILES string of the molecule is CC(O)C(NC(=O)C(CC(N)=O)NC(=O)C(NC(=O)C(N)Cc1c[nH]c2ccccc12)C(C)O)C(=O)O. The van der Waals surface area contributed by atoms with Crippen LogP contribution in [0.1, 0.15) is 25.8 Å². The number of aliphatic hydroxyl groups is 2. The highest BCUT2D eigenvalue weighted by Crippen LogP contribution is 2.18. The molecule has 0 fully saturated rings. The molecule has 1 heterocycles. The number of hydrogen-bond acceptors (Lipinski definition) is 8. The van der Waals surface area contributed by atoms with Gasteiger partial charge in [0.15, 0.2) is 6.04 Å². The number of aliphatic carboxylic acids is 1. The molecule has 2 rings (SSSR count). The summed E-state index contributed by atoms with van der Waals surface area (Å²) in [7, 11) is 0. The van der Waals surface area contributed by atoms with Crippen LogP contribution < -0.4 is 27.4 Å². The Morgan fingerprint density at radius 2 is 1.51 bits per heavy atom. The van der Waals surface area contributed by atoms with Crippen LogP contribution in [0.5, 0.6) is 0 Å². The van der Waals surface area contributed by atoms with Crippen LogP contribution >= 0.6 is 0 Å². The molecule has 0 radical (unpaired) electrons. The Kier molecular flexibility index (Phi) is 10.1. The number of H-pyrrole nitrogens is 1. The molecule has 1 aromatic heterocycles. The molecule has 4 amide bonds. The van der Waals surface area contributed by atoms with Crippen LogP contribution in [0.15, 0.2) is 30.5 Å². The molecule has 14 heteroatoms. The number of fused-ring (bicyclic) bond motifs is 1. The first-order valence-corrected chi connectivity index (χ1v) is 11.4. The van der Waals surface area contributed by atoms with Gasteiger partial charge in [0.2, 0.25) is 23.6 Å². The molecule has 202 valence electrons. The van der Waals surface area contributed by atoms with E-state index in [1.54, 1.807) is 6.20 Å². The summed E-state index contributed by atoms with van der Waals surface area (Å²) in [5.74, 6) is -5.48. The van der Waals surface area contributed by atoms with Gasteiger partial charge in [-0.15, -0.1) is 0 Å². The first kappa shape index (κ1) is 29.2. The van der Waals surface area contributed by atoms with Crippen molar-refractivity contribution in [2.45, 2.75) is 63.1 Å². The monoisotopic (exact) mass is 520 g/mol. The van der Waals surface area contributed by atoms with E-state index >= 15 is 0 Å². The molecule has 11 N–H and O–H groups in total. The fraction of sp³-hybridized carbons (Fsp3) is 0.435. The molecular weight excluding hydrogens is 488 g/mol. The largest absolute Gasteiger partial charge is 0.480 e. The van der Waals surface area contributed by atoms with Gasteiger partial charge in [0.05, 0.1) is 24.7 Å². The Labute approximate surface area is 211 Å². The number of benzene rings is 1. The minimum absolute atomic E-state index is 0.118. The average molecular weight is 521 g/mol. The lowest BCUT2D eigenvalue weighted by molar-refractivity contribution is -0.145. The molecule has 37 heavy (non-hydrogen) atoms. The van der Waals surface area contributed by atoms with E-state index < -0.39 is 72.4 Å². The zero-order chi connectivity index (χ0) is 27.9. The highest BCUT2D eigenvalue weighted by atomic mass is 16.4. The molecule has 0 spiro atoms. The predicted molar refractivity (Wildman–Crippen MR) is 131 cm³/mol. The summed E-state index contributed by atoms with van der Waals surface area (Å²) >= 11 is 0. The van der Waals surface area contributed by atoms with E-state index in [0.29, 0.717) is 0 Å². The number of primary amides is 1. The lowest BCUT2D eigenvalue weighted by Gasteiger charge is -2.26. The minimum Gasteiger partial charge on any atom is -0.480 e. The summed E-state index contributed by atoms with van der Waals surface area (Å²) in [4.78, 5) is 63.9. The van der Waals surface area contributed by atoms with E-state index in [2.05, 4.69) is 15.6 Å². The molecule has 6 atom stereocenters. The number of hydrogen-bond donors (Lipinski definition) is 9. The van der Waals surface area contributed by atoms with E-state index in [1.165, 1.54) is 6.92 Å². The molecule has 0 saturated heterocycles. The van der Waals surface area contributed by atoms with Crippen LogP contribution in [-0.4, -0.2) is 86.3 Å². The van der Waals surface area contributed by atoms with Crippen LogP contribution in [-0.2, 0) is 30.4 Å². The van der Waals surface area contributed by atoms with Crippen molar-refractivity contribution >= 4 is 40.5 Å². The fourth-order valence-electron chi connectivity index (χ4n) is 3.61. The Balaban J connectivity index is 2.11. The smallest absolute Gasteiger partial charge is 0.328 e. The molecule has 6 unspecified atom stereocenters. The van der Waals surface area contributed by atoms with Crippen molar-refractivity contribution in [3.05, 3.63) is 36.0 Å². The summed E-state index contributed by atoms with van der Waals surface area (Å²) < 4.78 is 0. The standard InChI is InChI=1S/C23H32N6O8/c1-10(30)18(28-20(33)14(24)7-12-9-26-15-6-4-3-5-13(12)15)22(35)27-16(8-17(25)32)21(34)29-19(11(2)31)23(36)37/h3-6,9-11,14,16,18-19,26,30-31H,7-8,24H2,1-2H3,(H2,25,32)(H,27,35)(H,28,33)(H,29,34)(H,36,37). The number of aromatic nitrogens is 1. The second-order valence-corrected chi connectivity index (χ2v) is 8.69. The Morgan fingerprint density at radius 3 is 2.08 bits per heavy atom. The Hall–Kier alpha value is -4.01. The number of amides is 4. The lowest BCUT2D eigenvalue weighted by Crippen LogP contribution is -2.61. The minimum atomic E-state index is -1.73. The molecule has 0 saturated carbocycles. The lowest BCUT2D eigenvalue weighted by atomic mass is 10.0. The number of carboxylic acid groups (broad SMARTS) is 1. The van der Waals surface area contributed by atoms with E-state index in [1.807, 2.05) is 29.6 Å². The first-order valence-electron chi connectivity index (χ1n) is 11.4. The van der Waals surface area contributed by atoms with E-state index in [4.69, 9.17) is 16.6 Å². The summed E-state index contributed by atoms with van der Waals surface area (Å²) in [6.07, 6.45) is -1.82. The molecule has 0 aliphatic heterocycles. The number of carbonyl (C=O) groups is 5. The summed E-state index contributed by atoms with van der Waals surface area (Å²) in [6.45, 7) is 2.34. The number of carbonyl (C=O) groups excluding carboxylic acids is 4. The third kappa shape index (κ3) is 7.99. The molecular formula is C23H32N6O8. The van der Waals surface area contributed by atoms with Gasteiger partial charge in [-0.1, -0.05) is 18.2 Å². The van der Waals surface area contributed by atoms with Crippen molar-refractivity contribution in [3.63, 3.8) is 0 Å². The van der Waals surface area contributed by atoms with Gasteiger partial charge >= 0.3 is 5.97 Å². The van der Waals surface area contributed by atoms with Gasteiger partial charge in [0, 0.05) is 17.1 Å². The van der Waals surface area contributed by atoms with E-state index in [0.717, 1.165) is 23.4 Å². The first-order chi connectivity index (χ1) is 17.3. The van der Waals surface area contributed by atoms with Gasteiger partial charge < -0.3 is 47.7 Å². The van der Waals surface area contributed by atoms with Gasteiger partial charge in [-0.05, 0) is 31.9 Å². The second-order valence-electron chi connectivity index (χ2n) is 8.69. The number of aromatic amines is 1. The number of rotatable bonds is 13. The van der Waals surface area contributed by atoms with Gasteiger partial charge in [-0.25, -0.2) is 4.79 Å². The second kappa shape index (κ2) is 12.8. The number of carboxylic acids is 1. The molecule has 1 aromatic carbocycles. The Bertz CT molecular complexity index is 1150. The number of nitrogens with one attached hydrogen (secondary N) is 4. The van der Waals surface area contributed by atoms with Crippen molar-refractivity contribution in [1.82, 2.24) is 20.9 Å². The van der Waals surface area contributed by atoms with Gasteiger partial charge in [0.1, 0.15) is 12.1 Å². The number of nitrogens with two attached hydrogens (primary N) is 2. The van der Waals surface area contributed by atoms with E-state index in [-0.39, 0.29) is 6.42 Å². The van der Waals surface area contributed by atoms with Gasteiger partial charge in [-0.2, -0.15) is 0 Å². The maximum atomic E-state index is 12.9. The zero-order valence-corrected chi connectivity index (χ0v) is 20.3. The number of para-hydroxylation sites is 1. The topological polar surface area (TPSA) is 250 Å². The van der Waals surface area contributed by atoms with Crippen molar-refractivity contribution < 1.29 is 39.3 Å². The van der Waals surface area contributed by atoms with Crippen LogP contribution in [0.2, 0.25) is 0 Å². The summed E-state index contributed by atoms with van der Waals surface area (Å²) in [5.41, 5.74) is 12.8. The predicted octanol–water partition coefficient (Wildman–Crippen LogP) is -2.79. The number of aliphatic hydroxyl groups excluding tert-OH is 2. The zero-order valence-electron chi connectivity index (χ0n) is 20.3. The van der Waals surface area contributed by atoms with Crippen LogP contribution in [0.3, 0.4) is 0 Å². The quantitative estimate of drug-likeness (QED) is 0.132. The van der Waals surface area contributed by atoms with Crippen molar-refractivity contribution in [3.8, 4) is 0 Å². The van der Waals surface area contributed by atoms with Gasteiger partial charge in [0.25, 0.3) is 0 Å². The normalized spacial score (nSPS) is 16.0. The summed E-state index contributed by atoms with van der Waals surface area (Å²) in [5, 5.41) is 36.2. The molecule has 0 bridgehead atoms. The molecule has 0 aliphatic rings. The molecule has 0 aliphatic carbocycles. The van der Waals surface area contributed by atoms with Crippen LogP contribution in [0, 0.1) is 0 Å². The van der Waals surface area contributed by atoms with Crippen molar-refractivity contribution in [2.24, 2.45) is 11.5 Å². The van der Waals surface area contributed by atoms with Crippen molar-refractivity contribution in [2.75, 3.05) is 0 Å². The highest BCUT2D eigenvalue weighted by molar-refractivity contribution is 5.96. The van der Waals surface area contributed by atoms with Crippen LogP contribution in [0.4, 0.5) is 0 Å². The summed E-state index contributed by atoms with van der Waals surface area (Å²) in [6, 6.07) is 1.34. The molecule has 2 aromatic rings. The maximum absolute atomic E-state index is 12.9. The van der Waals surface area contributed by atoms with Crippen LogP contribution in [0.25, 0.3) is 10.9 Å².